The Balaban J connectivity index is 1.70. The standard InChI is InChI=1S/C20H17NO4/c1-11-5-12(2)20-15(6-11)19(23)14(9-25-20)7-13-3-4-17-16(8-13)21-18(22)10-24-17/h3-8H,9-10H2,1-2H3,(H,21,22). The van der Waals surface area contributed by atoms with Gasteiger partial charge >= 0.3 is 0 Å². The summed E-state index contributed by atoms with van der Waals surface area (Å²) in [6, 6.07) is 9.31. The Kier molecular flexibility index (Phi) is 3.57. The molecule has 2 aliphatic heterocycles. The number of Topliss-reactive ketones (excluding diaryl/α,β-unsaturated/α-hetero) is 1. The van der Waals surface area contributed by atoms with Crippen molar-refractivity contribution >= 4 is 23.5 Å². The monoisotopic (exact) mass is 335 g/mol. The van der Waals surface area contributed by atoms with E-state index in [1.54, 1.807) is 18.2 Å². The van der Waals surface area contributed by atoms with E-state index in [0.717, 1.165) is 16.7 Å². The van der Waals surface area contributed by atoms with Crippen LogP contribution in [0.2, 0.25) is 0 Å². The fraction of sp³-hybridized carbons (Fsp3) is 0.200. The van der Waals surface area contributed by atoms with Crippen molar-refractivity contribution in [3.63, 3.8) is 0 Å². The minimum absolute atomic E-state index is 0.0222. The fourth-order valence-corrected chi connectivity index (χ4v) is 3.20. The van der Waals surface area contributed by atoms with Gasteiger partial charge < -0.3 is 14.8 Å². The summed E-state index contributed by atoms with van der Waals surface area (Å²) < 4.78 is 11.2. The first-order valence-corrected chi connectivity index (χ1v) is 8.07. The Labute approximate surface area is 145 Å². The van der Waals surface area contributed by atoms with Crippen molar-refractivity contribution in [3.05, 3.63) is 58.2 Å². The number of amides is 1. The van der Waals surface area contributed by atoms with Crippen LogP contribution in [-0.2, 0) is 4.79 Å². The number of rotatable bonds is 1. The number of ether oxygens (including phenoxy) is 2. The number of nitrogens with one attached hydrogen (secondary N) is 1. The van der Waals surface area contributed by atoms with Gasteiger partial charge in [0.05, 0.1) is 11.3 Å². The van der Waals surface area contributed by atoms with E-state index in [4.69, 9.17) is 9.47 Å². The molecule has 0 fully saturated rings. The summed E-state index contributed by atoms with van der Waals surface area (Å²) >= 11 is 0. The molecule has 1 N–H and O–H groups in total. The van der Waals surface area contributed by atoms with Crippen LogP contribution in [0, 0.1) is 13.8 Å². The predicted octanol–water partition coefficient (Wildman–Crippen LogP) is 3.29. The Morgan fingerprint density at radius 2 is 1.88 bits per heavy atom. The lowest BCUT2D eigenvalue weighted by Gasteiger charge is -2.22. The van der Waals surface area contributed by atoms with Gasteiger partial charge in [-0.15, -0.1) is 0 Å². The maximum atomic E-state index is 12.8. The van der Waals surface area contributed by atoms with Crippen LogP contribution < -0.4 is 14.8 Å². The van der Waals surface area contributed by atoms with E-state index >= 15 is 0 Å². The van der Waals surface area contributed by atoms with E-state index in [1.165, 1.54) is 0 Å². The molecule has 0 bridgehead atoms. The van der Waals surface area contributed by atoms with Crippen LogP contribution in [0.3, 0.4) is 0 Å². The Morgan fingerprint density at radius 1 is 1.04 bits per heavy atom. The van der Waals surface area contributed by atoms with Gasteiger partial charge in [-0.1, -0.05) is 12.1 Å². The summed E-state index contributed by atoms with van der Waals surface area (Å²) in [6.07, 6.45) is 1.80. The number of hydrogen-bond donors (Lipinski definition) is 1. The molecule has 0 unspecified atom stereocenters. The van der Waals surface area contributed by atoms with Crippen molar-refractivity contribution in [2.45, 2.75) is 13.8 Å². The molecule has 2 heterocycles. The lowest BCUT2D eigenvalue weighted by Crippen LogP contribution is -2.25. The molecule has 4 rings (SSSR count). The first-order valence-electron chi connectivity index (χ1n) is 8.07. The molecular formula is C20H17NO4. The van der Waals surface area contributed by atoms with Gasteiger partial charge in [0.1, 0.15) is 18.1 Å². The zero-order chi connectivity index (χ0) is 17.6. The predicted molar refractivity (Wildman–Crippen MR) is 94.3 cm³/mol. The molecule has 0 saturated heterocycles. The van der Waals surface area contributed by atoms with Gasteiger partial charge in [0.15, 0.2) is 12.4 Å². The van der Waals surface area contributed by atoms with Crippen LogP contribution in [0.1, 0.15) is 27.0 Å². The summed E-state index contributed by atoms with van der Waals surface area (Å²) in [7, 11) is 0. The number of aryl methyl sites for hydroxylation is 2. The van der Waals surface area contributed by atoms with Gasteiger partial charge in [-0.3, -0.25) is 9.59 Å². The third-order valence-corrected chi connectivity index (χ3v) is 4.30. The Morgan fingerprint density at radius 3 is 2.72 bits per heavy atom. The van der Waals surface area contributed by atoms with E-state index in [0.29, 0.717) is 28.3 Å². The first kappa shape index (κ1) is 15.4. The second kappa shape index (κ2) is 5.77. The summed E-state index contributed by atoms with van der Waals surface area (Å²) in [5.41, 5.74) is 4.61. The molecule has 0 aliphatic carbocycles. The molecule has 0 saturated carbocycles. The topological polar surface area (TPSA) is 64.6 Å². The first-order chi connectivity index (χ1) is 12.0. The number of anilines is 1. The number of carbonyl (C=O) groups excluding carboxylic acids is 2. The molecule has 0 atom stereocenters. The van der Waals surface area contributed by atoms with Gasteiger partial charge in [-0.25, -0.2) is 0 Å². The van der Waals surface area contributed by atoms with E-state index < -0.39 is 0 Å². The average Bonchev–Trinajstić information content (AvgIpc) is 2.57. The average molecular weight is 335 g/mol. The van der Waals surface area contributed by atoms with Crippen LogP contribution in [0.25, 0.3) is 6.08 Å². The lowest BCUT2D eigenvalue weighted by molar-refractivity contribution is -0.118. The van der Waals surface area contributed by atoms with Crippen LogP contribution >= 0.6 is 0 Å². The second-order valence-electron chi connectivity index (χ2n) is 6.34. The van der Waals surface area contributed by atoms with Crippen molar-refractivity contribution in [2.24, 2.45) is 0 Å². The molecule has 0 aromatic heterocycles. The highest BCUT2D eigenvalue weighted by atomic mass is 16.5. The SMILES string of the molecule is Cc1cc(C)c2c(c1)C(=O)C(=Cc1ccc3c(c1)NC(=O)CO3)CO2. The van der Waals surface area contributed by atoms with Crippen molar-refractivity contribution in [2.75, 3.05) is 18.5 Å². The highest BCUT2D eigenvalue weighted by Crippen LogP contribution is 2.33. The summed E-state index contributed by atoms with van der Waals surface area (Å²) in [5.74, 6) is 1.09. The summed E-state index contributed by atoms with van der Waals surface area (Å²) in [5, 5.41) is 2.77. The third-order valence-electron chi connectivity index (χ3n) is 4.30. The molecule has 25 heavy (non-hydrogen) atoms. The summed E-state index contributed by atoms with van der Waals surface area (Å²) in [4.78, 5) is 24.3. The molecule has 2 aromatic rings. The normalized spacial score (nSPS) is 17.3. The number of benzene rings is 2. The van der Waals surface area contributed by atoms with Crippen LogP contribution in [0.5, 0.6) is 11.5 Å². The van der Waals surface area contributed by atoms with Gasteiger partial charge in [0.2, 0.25) is 0 Å². The highest BCUT2D eigenvalue weighted by molar-refractivity contribution is 6.14. The minimum Gasteiger partial charge on any atom is -0.488 e. The Hall–Kier alpha value is -3.08. The number of fused-ring (bicyclic) bond motifs is 2. The van der Waals surface area contributed by atoms with Gasteiger partial charge in [0, 0.05) is 5.57 Å². The summed E-state index contributed by atoms with van der Waals surface area (Å²) in [6.45, 7) is 4.16. The van der Waals surface area contributed by atoms with Gasteiger partial charge in [-0.05, 0) is 54.8 Å². The molecule has 5 heteroatoms. The van der Waals surface area contributed by atoms with Crippen LogP contribution in [-0.4, -0.2) is 24.9 Å². The number of hydrogen-bond acceptors (Lipinski definition) is 4. The molecule has 0 radical (unpaired) electrons. The maximum absolute atomic E-state index is 12.8. The molecule has 2 aromatic carbocycles. The molecule has 126 valence electrons. The molecule has 1 amide bonds. The largest absolute Gasteiger partial charge is 0.488 e. The van der Waals surface area contributed by atoms with Crippen molar-refractivity contribution < 1.29 is 19.1 Å². The quantitative estimate of drug-likeness (QED) is 0.812. The van der Waals surface area contributed by atoms with E-state index in [9.17, 15) is 9.59 Å². The fourth-order valence-electron chi connectivity index (χ4n) is 3.20. The van der Waals surface area contributed by atoms with E-state index in [2.05, 4.69) is 5.32 Å². The van der Waals surface area contributed by atoms with Gasteiger partial charge in [0.25, 0.3) is 5.91 Å². The zero-order valence-electron chi connectivity index (χ0n) is 14.0. The minimum atomic E-state index is -0.186. The second-order valence-corrected chi connectivity index (χ2v) is 6.34. The number of ketones is 1. The zero-order valence-corrected chi connectivity index (χ0v) is 14.0. The van der Waals surface area contributed by atoms with Crippen molar-refractivity contribution in [3.8, 4) is 11.5 Å². The maximum Gasteiger partial charge on any atom is 0.262 e. The lowest BCUT2D eigenvalue weighted by atomic mass is 9.94. The van der Waals surface area contributed by atoms with E-state index in [-0.39, 0.29) is 24.9 Å². The molecule has 5 nitrogen and oxygen atoms in total. The number of carbonyl (C=O) groups is 2. The van der Waals surface area contributed by atoms with Crippen LogP contribution in [0.4, 0.5) is 5.69 Å². The van der Waals surface area contributed by atoms with Crippen LogP contribution in [0.15, 0.2) is 35.9 Å². The third kappa shape index (κ3) is 2.78. The Bertz CT molecular complexity index is 943. The van der Waals surface area contributed by atoms with Crippen molar-refractivity contribution in [1.29, 1.82) is 0 Å². The van der Waals surface area contributed by atoms with E-state index in [1.807, 2.05) is 32.0 Å². The van der Waals surface area contributed by atoms with Crippen molar-refractivity contribution in [1.82, 2.24) is 0 Å². The highest BCUT2D eigenvalue weighted by Gasteiger charge is 2.25. The van der Waals surface area contributed by atoms with Gasteiger partial charge in [-0.2, -0.15) is 0 Å². The smallest absolute Gasteiger partial charge is 0.262 e. The molecular weight excluding hydrogens is 318 g/mol. The molecule has 2 aliphatic rings. The molecule has 0 spiro atoms.